The van der Waals surface area contributed by atoms with Crippen LogP contribution in [0.3, 0.4) is 0 Å². The number of halogens is 3. The van der Waals surface area contributed by atoms with Crippen LogP contribution in [0.1, 0.15) is 74.9 Å². The van der Waals surface area contributed by atoms with Crippen LogP contribution in [0.15, 0.2) is 41.5 Å². The molecule has 6 nitrogen and oxygen atoms in total. The summed E-state index contributed by atoms with van der Waals surface area (Å²) in [5.74, 6) is -0.691. The normalized spacial score (nSPS) is 23.0. The van der Waals surface area contributed by atoms with Gasteiger partial charge in [0.2, 0.25) is 0 Å². The Labute approximate surface area is 215 Å². The maximum absolute atomic E-state index is 13.5. The molecular weight excluding hydrogens is 483 g/mol. The fourth-order valence-corrected chi connectivity index (χ4v) is 4.72. The fraction of sp³-hybridized carbons (Fsp3) is 0.571. The number of nitrogens with one attached hydrogen (secondary N) is 1. The molecule has 202 valence electrons. The average Bonchev–Trinajstić information content (AvgIpc) is 3.49. The van der Waals surface area contributed by atoms with Gasteiger partial charge in [0, 0.05) is 18.3 Å². The monoisotopic (exact) mass is 519 g/mol. The molecule has 1 amide bonds. The Morgan fingerprint density at radius 3 is 2.57 bits per heavy atom. The lowest BCUT2D eigenvalue weighted by atomic mass is 9.88. The molecule has 1 aromatic carbocycles. The number of benzene rings is 1. The average molecular weight is 520 g/mol. The first kappa shape index (κ1) is 27.4. The number of nitrogens with zero attached hydrogens (tertiary/aromatic N) is 2. The number of aromatic nitrogens is 1. The summed E-state index contributed by atoms with van der Waals surface area (Å²) >= 11 is 0. The molecule has 0 radical (unpaired) electrons. The molecule has 1 N–H and O–H groups in total. The van der Waals surface area contributed by atoms with Gasteiger partial charge in [-0.25, -0.2) is 0 Å². The molecule has 37 heavy (non-hydrogen) atoms. The maximum atomic E-state index is 13.5. The van der Waals surface area contributed by atoms with Crippen molar-refractivity contribution >= 4 is 5.91 Å². The van der Waals surface area contributed by atoms with Crippen LogP contribution < -0.4 is 15.5 Å². The van der Waals surface area contributed by atoms with E-state index in [1.807, 2.05) is 23.8 Å². The lowest BCUT2D eigenvalue weighted by Gasteiger charge is -2.25. The van der Waals surface area contributed by atoms with Crippen LogP contribution in [0.25, 0.3) is 0 Å². The molecule has 9 heteroatoms. The van der Waals surface area contributed by atoms with Crippen molar-refractivity contribution in [3.8, 4) is 5.75 Å². The predicted molar refractivity (Wildman–Crippen MR) is 135 cm³/mol. The van der Waals surface area contributed by atoms with Gasteiger partial charge >= 0.3 is 6.18 Å². The number of rotatable bonds is 6. The highest BCUT2D eigenvalue weighted by atomic mass is 19.4. The van der Waals surface area contributed by atoms with Gasteiger partial charge in [0.25, 0.3) is 5.91 Å². The van der Waals surface area contributed by atoms with Crippen LogP contribution in [-0.2, 0) is 22.9 Å². The van der Waals surface area contributed by atoms with Crippen LogP contribution >= 0.6 is 0 Å². The summed E-state index contributed by atoms with van der Waals surface area (Å²) < 4.78 is 54.1. The third-order valence-electron chi connectivity index (χ3n) is 7.05. The van der Waals surface area contributed by atoms with Crippen molar-refractivity contribution < 1.29 is 27.4 Å². The van der Waals surface area contributed by atoms with Crippen molar-refractivity contribution in [1.82, 2.24) is 9.88 Å². The summed E-state index contributed by atoms with van der Waals surface area (Å²) in [4.78, 5) is 17.7. The quantitative estimate of drug-likeness (QED) is 0.567. The Balaban J connectivity index is 1.72. The van der Waals surface area contributed by atoms with E-state index >= 15 is 0 Å². The number of ether oxygens (including phenoxy) is 2. The first-order valence-corrected chi connectivity index (χ1v) is 12.8. The van der Waals surface area contributed by atoms with Gasteiger partial charge in [-0.15, -0.1) is 0 Å². The summed E-state index contributed by atoms with van der Waals surface area (Å²) in [5.41, 5.74) is -0.141. The van der Waals surface area contributed by atoms with Gasteiger partial charge in [-0.1, -0.05) is 26.8 Å². The molecule has 1 aromatic heterocycles. The number of carbonyl (C=O) groups is 1. The van der Waals surface area contributed by atoms with E-state index in [-0.39, 0.29) is 35.0 Å². The van der Waals surface area contributed by atoms with Gasteiger partial charge in [-0.2, -0.15) is 18.2 Å². The van der Waals surface area contributed by atoms with Crippen LogP contribution in [-0.4, -0.2) is 41.9 Å². The van der Waals surface area contributed by atoms with Gasteiger partial charge < -0.3 is 19.4 Å². The van der Waals surface area contributed by atoms with E-state index in [1.165, 1.54) is 6.07 Å². The molecule has 0 unspecified atom stereocenters. The van der Waals surface area contributed by atoms with E-state index in [0.717, 1.165) is 49.9 Å². The molecule has 4 rings (SSSR count). The molecule has 2 saturated heterocycles. The highest BCUT2D eigenvalue weighted by Gasteiger charge is 2.33. The van der Waals surface area contributed by atoms with Crippen molar-refractivity contribution in [1.29, 1.82) is 0 Å². The lowest BCUT2D eigenvalue weighted by molar-refractivity contribution is -0.137. The Bertz CT molecular complexity index is 1190. The maximum Gasteiger partial charge on any atom is 0.416 e. The van der Waals surface area contributed by atoms with Crippen LogP contribution in [0.2, 0.25) is 0 Å². The predicted octanol–water partition coefficient (Wildman–Crippen LogP) is 5.25. The number of amides is 1. The Kier molecular flexibility index (Phi) is 7.85. The zero-order valence-corrected chi connectivity index (χ0v) is 22.0. The van der Waals surface area contributed by atoms with Gasteiger partial charge in [0.15, 0.2) is 0 Å². The van der Waals surface area contributed by atoms with E-state index in [0.29, 0.717) is 18.6 Å². The highest BCUT2D eigenvalue weighted by Crippen LogP contribution is 2.33. The summed E-state index contributed by atoms with van der Waals surface area (Å²) in [5, 5.41) is 3.36. The third-order valence-corrected chi connectivity index (χ3v) is 7.05. The number of alkyl halides is 3. The molecule has 0 saturated carbocycles. The fourth-order valence-electron chi connectivity index (χ4n) is 4.72. The molecule has 3 heterocycles. The smallest absolute Gasteiger partial charge is 0.416 e. The second kappa shape index (κ2) is 10.6. The van der Waals surface area contributed by atoms with Gasteiger partial charge in [-0.05, 0) is 74.4 Å². The summed E-state index contributed by atoms with van der Waals surface area (Å²) in [6, 6.07) is 6.62. The van der Waals surface area contributed by atoms with Crippen molar-refractivity contribution in [3.05, 3.63) is 58.7 Å². The first-order valence-electron chi connectivity index (χ1n) is 12.8. The number of hydrogen-bond acceptors (Lipinski definition) is 4. The minimum absolute atomic E-state index is 0.00335. The molecule has 2 fully saturated rings. The standard InChI is InChI=1S/C28H36F3N3O3/c1-26(2,3)20-9-11-24(34(16-20)17-21-7-5-14-36-21)33-25(35)22-15-19(28(29,30)31)8-10-23(22)37-18-27(4)12-6-13-32-27/h8-11,15-16,21,32H,5-7,12-14,17-18H2,1-4H3/t21-,27+/m1/s1. The van der Waals surface area contributed by atoms with Crippen molar-refractivity contribution in [2.24, 2.45) is 4.99 Å². The molecule has 2 atom stereocenters. The molecule has 2 aromatic rings. The molecular formula is C28H36F3N3O3. The topological polar surface area (TPSA) is 64.8 Å². The summed E-state index contributed by atoms with van der Waals surface area (Å²) in [6.07, 6.45) is 1.09. The molecule has 0 bridgehead atoms. The van der Waals surface area contributed by atoms with Crippen molar-refractivity contribution in [3.63, 3.8) is 0 Å². The molecule has 0 spiro atoms. The molecule has 0 aliphatic carbocycles. The minimum Gasteiger partial charge on any atom is -0.491 e. The van der Waals surface area contributed by atoms with Gasteiger partial charge in [0.05, 0.1) is 23.8 Å². The Morgan fingerprint density at radius 1 is 1.19 bits per heavy atom. The van der Waals surface area contributed by atoms with E-state index in [4.69, 9.17) is 9.47 Å². The van der Waals surface area contributed by atoms with Crippen molar-refractivity contribution in [2.75, 3.05) is 19.8 Å². The Hall–Kier alpha value is -2.65. The summed E-state index contributed by atoms with van der Waals surface area (Å²) in [7, 11) is 0. The lowest BCUT2D eigenvalue weighted by Crippen LogP contribution is -2.42. The number of pyridine rings is 1. The van der Waals surface area contributed by atoms with Crippen LogP contribution in [0.4, 0.5) is 13.2 Å². The van der Waals surface area contributed by atoms with Gasteiger partial charge in [0.1, 0.15) is 17.8 Å². The largest absolute Gasteiger partial charge is 0.491 e. The second-order valence-electron chi connectivity index (χ2n) is 11.3. The van der Waals surface area contributed by atoms with Gasteiger partial charge in [-0.3, -0.25) is 4.79 Å². The van der Waals surface area contributed by atoms with Crippen LogP contribution in [0.5, 0.6) is 5.75 Å². The zero-order chi connectivity index (χ0) is 26.8. The minimum atomic E-state index is -4.60. The first-order chi connectivity index (χ1) is 17.3. The van der Waals surface area contributed by atoms with E-state index < -0.39 is 17.6 Å². The van der Waals surface area contributed by atoms with E-state index in [1.54, 1.807) is 6.07 Å². The Morgan fingerprint density at radius 2 is 1.95 bits per heavy atom. The molecule has 2 aliphatic rings. The SMILES string of the molecule is CC(C)(C)c1ccc(=NC(=O)c2cc(C(F)(F)F)ccc2OC[C@]2(C)CCCN2)n(C[C@H]2CCCO2)c1. The number of hydrogen-bond donors (Lipinski definition) is 1. The highest BCUT2D eigenvalue weighted by molar-refractivity contribution is 5.97. The van der Waals surface area contributed by atoms with Crippen molar-refractivity contribution in [2.45, 2.75) is 83.2 Å². The number of carbonyl (C=O) groups excluding carboxylic acids is 1. The van der Waals surface area contributed by atoms with E-state index in [2.05, 4.69) is 31.1 Å². The molecule has 2 aliphatic heterocycles. The van der Waals surface area contributed by atoms with Crippen LogP contribution in [0, 0.1) is 0 Å². The zero-order valence-electron chi connectivity index (χ0n) is 22.0. The summed E-state index contributed by atoms with van der Waals surface area (Å²) in [6.45, 7) is 10.5. The second-order valence-corrected chi connectivity index (χ2v) is 11.3. The third kappa shape index (κ3) is 6.82. The van der Waals surface area contributed by atoms with E-state index in [9.17, 15) is 18.0 Å².